The molecule has 0 aliphatic carbocycles. The molecule has 0 radical (unpaired) electrons. The highest BCUT2D eigenvalue weighted by molar-refractivity contribution is 7.15. The lowest BCUT2D eigenvalue weighted by molar-refractivity contribution is -0.141. The van der Waals surface area contributed by atoms with Crippen LogP contribution in [0.15, 0.2) is 27.6 Å². The van der Waals surface area contributed by atoms with Crippen molar-refractivity contribution in [3.05, 3.63) is 39.4 Å². The third kappa shape index (κ3) is 4.38. The van der Waals surface area contributed by atoms with Crippen molar-refractivity contribution < 1.29 is 26.3 Å². The normalized spacial score (nSPS) is 13.9. The molecule has 0 aromatic carbocycles. The van der Waals surface area contributed by atoms with Gasteiger partial charge in [-0.1, -0.05) is 0 Å². The SMILES string of the molecule is N/C=C(\C=NCCC(F)(F)F)c1c(C(F)(F)F)nc2sccn2c1=O. The first-order valence-electron chi connectivity index (χ1n) is 6.60. The monoisotopic (exact) mass is 384 g/mol. The number of alkyl halides is 6. The Morgan fingerprint density at radius 1 is 1.32 bits per heavy atom. The molecular weight excluding hydrogens is 374 g/mol. The van der Waals surface area contributed by atoms with Crippen molar-refractivity contribution >= 4 is 28.1 Å². The van der Waals surface area contributed by atoms with Crippen LogP contribution in [0.25, 0.3) is 10.5 Å². The quantitative estimate of drug-likeness (QED) is 0.650. The molecule has 25 heavy (non-hydrogen) atoms. The number of aromatic nitrogens is 2. The van der Waals surface area contributed by atoms with Crippen molar-refractivity contribution in [3.63, 3.8) is 0 Å². The van der Waals surface area contributed by atoms with Gasteiger partial charge in [0.05, 0.1) is 12.0 Å². The number of hydrogen-bond donors (Lipinski definition) is 1. The molecule has 0 bridgehead atoms. The molecular formula is C13H10F6N4OS. The Bertz CT molecular complexity index is 877. The number of halogens is 6. The van der Waals surface area contributed by atoms with Crippen LogP contribution in [0.2, 0.25) is 0 Å². The average Bonchev–Trinajstić information content (AvgIpc) is 2.95. The smallest absolute Gasteiger partial charge is 0.404 e. The second-order valence-electron chi connectivity index (χ2n) is 4.72. The molecule has 0 amide bonds. The summed E-state index contributed by atoms with van der Waals surface area (Å²) in [6, 6.07) is 0. The van der Waals surface area contributed by atoms with Crippen LogP contribution in [-0.4, -0.2) is 28.3 Å². The number of nitrogens with zero attached hydrogens (tertiary/aromatic N) is 3. The van der Waals surface area contributed by atoms with Crippen LogP contribution in [-0.2, 0) is 6.18 Å². The lowest BCUT2D eigenvalue weighted by Gasteiger charge is -2.12. The third-order valence-electron chi connectivity index (χ3n) is 2.96. The summed E-state index contributed by atoms with van der Waals surface area (Å²) in [6.45, 7) is -0.711. The second kappa shape index (κ2) is 6.86. The lowest BCUT2D eigenvalue weighted by Crippen LogP contribution is -2.25. The Labute approximate surface area is 140 Å². The number of allylic oxidation sites excluding steroid dienone is 1. The first kappa shape index (κ1) is 19.0. The van der Waals surface area contributed by atoms with Crippen molar-refractivity contribution in [2.75, 3.05) is 6.54 Å². The summed E-state index contributed by atoms with van der Waals surface area (Å²) in [5.41, 5.74) is 1.40. The van der Waals surface area contributed by atoms with Gasteiger partial charge in [0, 0.05) is 36.1 Å². The summed E-state index contributed by atoms with van der Waals surface area (Å²) >= 11 is 0.826. The number of hydrogen-bond acceptors (Lipinski definition) is 5. The van der Waals surface area contributed by atoms with Crippen LogP contribution in [0.1, 0.15) is 17.7 Å². The van der Waals surface area contributed by atoms with Gasteiger partial charge in [0.2, 0.25) is 0 Å². The first-order chi connectivity index (χ1) is 11.5. The fourth-order valence-electron chi connectivity index (χ4n) is 1.89. The molecule has 0 saturated heterocycles. The molecule has 0 spiro atoms. The largest absolute Gasteiger partial charge is 0.434 e. The third-order valence-corrected chi connectivity index (χ3v) is 3.71. The summed E-state index contributed by atoms with van der Waals surface area (Å²) in [7, 11) is 0. The predicted molar refractivity (Wildman–Crippen MR) is 80.5 cm³/mol. The Hall–Kier alpha value is -2.37. The lowest BCUT2D eigenvalue weighted by atomic mass is 10.1. The zero-order chi connectivity index (χ0) is 18.8. The summed E-state index contributed by atoms with van der Waals surface area (Å²) in [5, 5.41) is 1.37. The zero-order valence-electron chi connectivity index (χ0n) is 12.2. The number of aliphatic imine (C=N–C) groups is 1. The Morgan fingerprint density at radius 2 is 2.00 bits per heavy atom. The van der Waals surface area contributed by atoms with Gasteiger partial charge in [0.25, 0.3) is 5.56 Å². The van der Waals surface area contributed by atoms with Crippen molar-refractivity contribution in [2.24, 2.45) is 10.7 Å². The van der Waals surface area contributed by atoms with Crippen molar-refractivity contribution in [1.29, 1.82) is 0 Å². The van der Waals surface area contributed by atoms with Crippen LogP contribution in [0, 0.1) is 0 Å². The molecule has 2 aromatic rings. The van der Waals surface area contributed by atoms with E-state index in [0.717, 1.165) is 15.7 Å². The number of nitrogens with two attached hydrogens (primary N) is 1. The van der Waals surface area contributed by atoms with Gasteiger partial charge in [0.15, 0.2) is 10.7 Å². The maximum atomic E-state index is 13.2. The van der Waals surface area contributed by atoms with E-state index in [1.807, 2.05) is 0 Å². The molecule has 12 heteroatoms. The zero-order valence-corrected chi connectivity index (χ0v) is 13.0. The van der Waals surface area contributed by atoms with E-state index >= 15 is 0 Å². The van der Waals surface area contributed by atoms with Gasteiger partial charge in [-0.3, -0.25) is 14.2 Å². The van der Waals surface area contributed by atoms with Gasteiger partial charge in [-0.25, -0.2) is 4.98 Å². The number of rotatable bonds is 4. The van der Waals surface area contributed by atoms with Crippen LogP contribution in [0.3, 0.4) is 0 Å². The van der Waals surface area contributed by atoms with E-state index < -0.39 is 47.7 Å². The standard InChI is InChI=1S/C13H10F6N4OS/c14-12(15,16)1-2-21-6-7(5-20)8-9(13(17,18)19)22-11-23(10(8)24)3-4-25-11/h3-6H,1-2,20H2/b7-5+,21-6?. The number of thiazole rings is 1. The van der Waals surface area contributed by atoms with E-state index in [9.17, 15) is 31.1 Å². The van der Waals surface area contributed by atoms with E-state index in [1.165, 1.54) is 11.6 Å². The summed E-state index contributed by atoms with van der Waals surface area (Å²) in [4.78, 5) is 19.0. The van der Waals surface area contributed by atoms with E-state index in [2.05, 4.69) is 9.98 Å². The summed E-state index contributed by atoms with van der Waals surface area (Å²) < 4.78 is 76.9. The fourth-order valence-corrected chi connectivity index (χ4v) is 2.60. The molecule has 0 saturated carbocycles. The molecule has 2 heterocycles. The molecule has 5 nitrogen and oxygen atoms in total. The average molecular weight is 384 g/mol. The van der Waals surface area contributed by atoms with Crippen molar-refractivity contribution in [2.45, 2.75) is 18.8 Å². The highest BCUT2D eigenvalue weighted by Gasteiger charge is 2.38. The van der Waals surface area contributed by atoms with Crippen LogP contribution >= 0.6 is 11.3 Å². The Morgan fingerprint density at radius 3 is 2.56 bits per heavy atom. The topological polar surface area (TPSA) is 72.8 Å². The molecule has 0 fully saturated rings. The minimum atomic E-state index is -4.96. The molecule has 136 valence electrons. The maximum absolute atomic E-state index is 13.2. The summed E-state index contributed by atoms with van der Waals surface area (Å²) in [5.74, 6) is 0. The Kier molecular flexibility index (Phi) is 5.20. The van der Waals surface area contributed by atoms with E-state index in [1.54, 1.807) is 0 Å². The second-order valence-corrected chi connectivity index (χ2v) is 5.59. The first-order valence-corrected chi connectivity index (χ1v) is 7.48. The molecule has 0 aliphatic rings. The van der Waals surface area contributed by atoms with Gasteiger partial charge < -0.3 is 5.73 Å². The highest BCUT2D eigenvalue weighted by atomic mass is 32.1. The molecule has 0 atom stereocenters. The predicted octanol–water partition coefficient (Wildman–Crippen LogP) is 3.10. The minimum Gasteiger partial charge on any atom is -0.404 e. The van der Waals surface area contributed by atoms with Crippen molar-refractivity contribution in [3.8, 4) is 0 Å². The van der Waals surface area contributed by atoms with E-state index in [4.69, 9.17) is 5.73 Å². The van der Waals surface area contributed by atoms with Gasteiger partial charge in [-0.05, 0) is 0 Å². The van der Waals surface area contributed by atoms with Crippen molar-refractivity contribution in [1.82, 2.24) is 9.38 Å². The van der Waals surface area contributed by atoms with Gasteiger partial charge in [-0.15, -0.1) is 11.3 Å². The van der Waals surface area contributed by atoms with Crippen LogP contribution in [0.4, 0.5) is 26.3 Å². The maximum Gasteiger partial charge on any atom is 0.434 e. The van der Waals surface area contributed by atoms with Gasteiger partial charge >= 0.3 is 12.4 Å². The van der Waals surface area contributed by atoms with Gasteiger partial charge in [-0.2, -0.15) is 26.3 Å². The van der Waals surface area contributed by atoms with Gasteiger partial charge in [0.1, 0.15) is 0 Å². The molecule has 0 unspecified atom stereocenters. The summed E-state index contributed by atoms with van der Waals surface area (Å²) in [6.07, 6.45) is -8.07. The van der Waals surface area contributed by atoms with E-state index in [0.29, 0.717) is 12.4 Å². The number of fused-ring (bicyclic) bond motifs is 1. The fraction of sp³-hybridized carbons (Fsp3) is 0.308. The van der Waals surface area contributed by atoms with Crippen LogP contribution in [0.5, 0.6) is 0 Å². The minimum absolute atomic E-state index is 0.175. The molecule has 0 aliphatic heterocycles. The molecule has 2 aromatic heterocycles. The van der Waals surface area contributed by atoms with E-state index in [-0.39, 0.29) is 4.96 Å². The highest BCUT2D eigenvalue weighted by Crippen LogP contribution is 2.32. The van der Waals surface area contributed by atoms with Crippen LogP contribution < -0.4 is 11.3 Å². The molecule has 2 N–H and O–H groups in total. The Balaban J connectivity index is 2.51. The molecule has 2 rings (SSSR count).